The van der Waals surface area contributed by atoms with Crippen LogP contribution in [0.1, 0.15) is 11.1 Å². The van der Waals surface area contributed by atoms with E-state index in [2.05, 4.69) is 166 Å². The number of para-hydroxylation sites is 3. The third kappa shape index (κ3) is 5.66. The molecule has 260 valence electrons. The molecule has 5 nitrogen and oxygen atoms in total. The molecule has 0 aliphatic heterocycles. The zero-order chi connectivity index (χ0) is 36.7. The van der Waals surface area contributed by atoms with Crippen molar-refractivity contribution < 1.29 is 0 Å². The first-order valence-corrected chi connectivity index (χ1v) is 18.5. The molecule has 2 N–H and O–H groups in total. The van der Waals surface area contributed by atoms with Gasteiger partial charge in [0, 0.05) is 38.4 Å². The number of benzene rings is 8. The van der Waals surface area contributed by atoms with Gasteiger partial charge >= 0.3 is 0 Å². The summed E-state index contributed by atoms with van der Waals surface area (Å²) in [6.07, 6.45) is 0. The summed E-state index contributed by atoms with van der Waals surface area (Å²) in [6.45, 7) is 0. The Morgan fingerprint density at radius 1 is 0.436 bits per heavy atom. The van der Waals surface area contributed by atoms with Crippen LogP contribution in [-0.4, -0.2) is 20.9 Å². The van der Waals surface area contributed by atoms with Gasteiger partial charge in [0.2, 0.25) is 0 Å². The third-order valence-corrected chi connectivity index (χ3v) is 10.4. The van der Waals surface area contributed by atoms with Crippen LogP contribution in [0, 0.1) is 5.41 Å². The molecule has 0 spiro atoms. The minimum Gasteiger partial charge on any atom is -0.309 e. The molecule has 0 amide bonds. The minimum absolute atomic E-state index is 0.166. The Kier molecular flexibility index (Phi) is 7.89. The number of aliphatic imine (C=N–C) groups is 1. The van der Waals surface area contributed by atoms with E-state index in [0.717, 1.165) is 66.3 Å². The molecular weight excluding hydrogens is 671 g/mol. The topological polar surface area (TPSA) is 58.1 Å². The van der Waals surface area contributed by atoms with Gasteiger partial charge < -0.3 is 4.57 Å². The van der Waals surface area contributed by atoms with Crippen LogP contribution in [0.15, 0.2) is 205 Å². The van der Waals surface area contributed by atoms with E-state index in [1.165, 1.54) is 16.3 Å². The van der Waals surface area contributed by atoms with Crippen molar-refractivity contribution in [2.75, 3.05) is 5.43 Å². The van der Waals surface area contributed by atoms with E-state index < -0.39 is 0 Å². The number of fused-ring (bicyclic) bond motifs is 7. The molecule has 2 heterocycles. The fraction of sp³-hybridized carbons (Fsp3) is 0. The predicted molar refractivity (Wildman–Crippen MR) is 230 cm³/mol. The average Bonchev–Trinajstić information content (AvgIpc) is 3.77. The third-order valence-electron chi connectivity index (χ3n) is 10.4. The molecule has 0 unspecified atom stereocenters. The summed E-state index contributed by atoms with van der Waals surface area (Å²) < 4.78 is 4.51. The second-order valence-electron chi connectivity index (χ2n) is 13.7. The van der Waals surface area contributed by atoms with Crippen LogP contribution in [0.3, 0.4) is 0 Å². The minimum atomic E-state index is 0.166. The normalized spacial score (nSPS) is 11.8. The number of hydrogen-bond acceptors (Lipinski definition) is 1. The Morgan fingerprint density at radius 3 is 1.76 bits per heavy atom. The number of aromatic nitrogens is 2. The van der Waals surface area contributed by atoms with Gasteiger partial charge in [-0.2, -0.15) is 0 Å². The Balaban J connectivity index is 1.12. The van der Waals surface area contributed by atoms with Gasteiger partial charge in [-0.25, -0.2) is 4.99 Å². The van der Waals surface area contributed by atoms with E-state index in [1.807, 2.05) is 48.5 Å². The van der Waals surface area contributed by atoms with Crippen molar-refractivity contribution in [1.29, 1.82) is 5.41 Å². The monoisotopic (exact) mass is 705 g/mol. The maximum atomic E-state index is 9.35. The van der Waals surface area contributed by atoms with Crippen LogP contribution < -0.4 is 5.43 Å². The van der Waals surface area contributed by atoms with Crippen LogP contribution in [0.2, 0.25) is 0 Å². The van der Waals surface area contributed by atoms with Gasteiger partial charge in [0.1, 0.15) is 0 Å². The largest absolute Gasteiger partial charge is 0.309 e. The molecule has 55 heavy (non-hydrogen) atoms. The van der Waals surface area contributed by atoms with Crippen molar-refractivity contribution in [3.05, 3.63) is 211 Å². The van der Waals surface area contributed by atoms with Gasteiger partial charge in [0.15, 0.2) is 11.7 Å². The summed E-state index contributed by atoms with van der Waals surface area (Å²) in [5.74, 6) is 0.744. The van der Waals surface area contributed by atoms with Crippen molar-refractivity contribution in [3.8, 4) is 27.9 Å². The highest BCUT2D eigenvalue weighted by molar-refractivity contribution is 6.26. The van der Waals surface area contributed by atoms with Gasteiger partial charge in [0.25, 0.3) is 0 Å². The van der Waals surface area contributed by atoms with Gasteiger partial charge in [0.05, 0.1) is 22.1 Å². The molecule has 0 saturated carbocycles. The number of hydrogen-bond donors (Lipinski definition) is 2. The van der Waals surface area contributed by atoms with Crippen molar-refractivity contribution in [3.63, 3.8) is 0 Å². The second kappa shape index (κ2) is 13.5. The molecule has 10 rings (SSSR count). The SMILES string of the molecule is N=C(N=C(Nn1c2ccccc2c2c1ccc1c3ccccc3n(-c3ccccc3)c12)c1ccccc1)c1cccc(-c2cccc(-c3ccccc3)c2)c1. The number of nitrogens with zero attached hydrogens (tertiary/aromatic N) is 3. The summed E-state index contributed by atoms with van der Waals surface area (Å²) >= 11 is 0. The van der Waals surface area contributed by atoms with E-state index in [-0.39, 0.29) is 5.84 Å². The molecule has 10 aromatic rings. The number of amidine groups is 2. The lowest BCUT2D eigenvalue weighted by atomic mass is 9.98. The first kappa shape index (κ1) is 32.2. The van der Waals surface area contributed by atoms with Gasteiger partial charge in [-0.3, -0.25) is 15.5 Å². The lowest BCUT2D eigenvalue weighted by Crippen LogP contribution is -2.25. The fourth-order valence-electron chi connectivity index (χ4n) is 7.86. The van der Waals surface area contributed by atoms with E-state index in [9.17, 15) is 5.41 Å². The van der Waals surface area contributed by atoms with Gasteiger partial charge in [-0.05, 0) is 64.7 Å². The maximum Gasteiger partial charge on any atom is 0.154 e. The van der Waals surface area contributed by atoms with Crippen molar-refractivity contribution >= 4 is 55.3 Å². The lowest BCUT2D eigenvalue weighted by molar-refractivity contribution is 1.08. The summed E-state index contributed by atoms with van der Waals surface area (Å²) in [6, 6.07) is 69.3. The summed E-state index contributed by atoms with van der Waals surface area (Å²) in [5, 5.41) is 14.0. The highest BCUT2D eigenvalue weighted by atomic mass is 15.4. The zero-order valence-corrected chi connectivity index (χ0v) is 29.9. The molecule has 0 atom stereocenters. The van der Waals surface area contributed by atoms with Gasteiger partial charge in [-0.1, -0.05) is 158 Å². The molecule has 8 aromatic carbocycles. The first-order valence-electron chi connectivity index (χ1n) is 18.5. The lowest BCUT2D eigenvalue weighted by Gasteiger charge is -2.15. The van der Waals surface area contributed by atoms with Crippen molar-refractivity contribution in [2.45, 2.75) is 0 Å². The molecule has 5 heteroatoms. The molecule has 0 aliphatic rings. The summed E-state index contributed by atoms with van der Waals surface area (Å²) in [5.41, 5.74) is 15.2. The molecule has 0 fully saturated rings. The Labute approximate surface area is 318 Å². The molecule has 2 aromatic heterocycles. The Morgan fingerprint density at radius 2 is 1.00 bits per heavy atom. The van der Waals surface area contributed by atoms with Crippen LogP contribution in [0.4, 0.5) is 0 Å². The molecule has 0 aliphatic carbocycles. The number of nitrogens with one attached hydrogen (secondary N) is 2. The Hall–Kier alpha value is -7.50. The predicted octanol–water partition coefficient (Wildman–Crippen LogP) is 12.2. The van der Waals surface area contributed by atoms with Crippen molar-refractivity contribution in [1.82, 2.24) is 9.24 Å². The van der Waals surface area contributed by atoms with E-state index >= 15 is 0 Å². The molecule has 0 radical (unpaired) electrons. The molecule has 0 bridgehead atoms. The average molecular weight is 706 g/mol. The second-order valence-corrected chi connectivity index (χ2v) is 13.7. The molecule has 0 saturated heterocycles. The van der Waals surface area contributed by atoms with Crippen LogP contribution in [0.25, 0.3) is 71.6 Å². The highest BCUT2D eigenvalue weighted by Gasteiger charge is 2.21. The van der Waals surface area contributed by atoms with Crippen LogP contribution in [-0.2, 0) is 0 Å². The van der Waals surface area contributed by atoms with Crippen molar-refractivity contribution in [2.24, 2.45) is 4.99 Å². The first-order chi connectivity index (χ1) is 27.2. The van der Waals surface area contributed by atoms with Gasteiger partial charge in [-0.15, -0.1) is 0 Å². The van der Waals surface area contributed by atoms with Crippen LogP contribution in [0.5, 0.6) is 0 Å². The quantitative estimate of drug-likeness (QED) is 0.131. The maximum absolute atomic E-state index is 9.35. The standard InChI is InChI=1S/C50H35N5/c51-49(39-23-15-22-38(33-39)37-21-14-20-36(32-37)34-16-4-1-5-17-34)52-50(35-18-6-2-7-19-35)53-55-45-29-13-11-27-43(45)47-46(55)31-30-42-41-26-10-12-28-44(41)54(48(42)47)40-24-8-3-9-25-40/h1-33H,(H2,51,52,53). The zero-order valence-electron chi connectivity index (χ0n) is 29.9. The van der Waals surface area contributed by atoms with E-state index in [0.29, 0.717) is 5.84 Å². The smallest absolute Gasteiger partial charge is 0.154 e. The van der Waals surface area contributed by atoms with E-state index in [4.69, 9.17) is 4.99 Å². The highest BCUT2D eigenvalue weighted by Crippen LogP contribution is 2.40. The number of rotatable bonds is 6. The molecular formula is C50H35N5. The van der Waals surface area contributed by atoms with E-state index in [1.54, 1.807) is 0 Å². The summed E-state index contributed by atoms with van der Waals surface area (Å²) in [7, 11) is 0. The Bertz CT molecular complexity index is 3060. The summed E-state index contributed by atoms with van der Waals surface area (Å²) in [4.78, 5) is 5.03. The van der Waals surface area contributed by atoms with Crippen LogP contribution >= 0.6 is 0 Å². The fourth-order valence-corrected chi connectivity index (χ4v) is 7.86.